The average Bonchev–Trinajstić information content (AvgIpc) is 2.66. The summed E-state index contributed by atoms with van der Waals surface area (Å²) in [5, 5.41) is 4.72. The number of halogens is 1. The lowest BCUT2D eigenvalue weighted by molar-refractivity contribution is -0.118. The van der Waals surface area contributed by atoms with E-state index in [1.807, 2.05) is 30.3 Å². The van der Waals surface area contributed by atoms with E-state index >= 15 is 0 Å². The molecule has 1 amide bonds. The number of carbonyl (C=O) groups is 1. The van der Waals surface area contributed by atoms with Crippen molar-refractivity contribution in [3.05, 3.63) is 65.1 Å². The first kappa shape index (κ1) is 20.3. The Morgan fingerprint density at radius 3 is 2.50 bits per heavy atom. The average molecular weight is 463 g/mol. The van der Waals surface area contributed by atoms with Crippen molar-refractivity contribution < 1.29 is 17.9 Å². The Morgan fingerprint density at radius 2 is 1.75 bits per heavy atom. The fourth-order valence-corrected chi connectivity index (χ4v) is 3.90. The highest BCUT2D eigenvalue weighted by atomic mass is 79.9. The Hall–Kier alpha value is -2.42. The molecule has 3 aromatic rings. The number of ether oxygens (including phenoxy) is 1. The molecule has 0 fully saturated rings. The molecule has 28 heavy (non-hydrogen) atoms. The van der Waals surface area contributed by atoms with Crippen LogP contribution in [0.5, 0.6) is 5.75 Å². The summed E-state index contributed by atoms with van der Waals surface area (Å²) in [6.07, 6.45) is 0. The number of nitrogens with one attached hydrogen (secondary N) is 1. The van der Waals surface area contributed by atoms with Crippen molar-refractivity contribution in [2.45, 2.75) is 4.90 Å². The quantitative estimate of drug-likeness (QED) is 0.603. The van der Waals surface area contributed by atoms with Crippen LogP contribution >= 0.6 is 15.9 Å². The SMILES string of the molecule is CN(C)S(=O)(=O)c1cccc(NC(=O)COc2ccc3cc(Br)ccc3c2)c1. The normalized spacial score (nSPS) is 11.6. The number of hydrogen-bond donors (Lipinski definition) is 1. The number of amides is 1. The first-order chi connectivity index (χ1) is 13.3. The van der Waals surface area contributed by atoms with Gasteiger partial charge in [0.15, 0.2) is 6.61 Å². The minimum Gasteiger partial charge on any atom is -0.484 e. The number of nitrogens with zero attached hydrogens (tertiary/aromatic N) is 1. The van der Waals surface area contributed by atoms with Crippen molar-refractivity contribution in [2.75, 3.05) is 26.0 Å². The molecule has 0 saturated heterocycles. The molecule has 3 aromatic carbocycles. The molecule has 0 aromatic heterocycles. The molecule has 0 bridgehead atoms. The molecule has 0 spiro atoms. The third-order valence-electron chi connectivity index (χ3n) is 4.04. The van der Waals surface area contributed by atoms with E-state index in [-0.39, 0.29) is 17.4 Å². The molecular formula is C20H19BrN2O4S. The largest absolute Gasteiger partial charge is 0.484 e. The van der Waals surface area contributed by atoms with Crippen molar-refractivity contribution in [2.24, 2.45) is 0 Å². The second-order valence-corrected chi connectivity index (χ2v) is 9.37. The number of hydrogen-bond acceptors (Lipinski definition) is 4. The third-order valence-corrected chi connectivity index (χ3v) is 6.34. The molecule has 0 aliphatic carbocycles. The zero-order chi connectivity index (χ0) is 20.3. The maximum atomic E-state index is 12.2. The van der Waals surface area contributed by atoms with Crippen molar-refractivity contribution in [1.29, 1.82) is 0 Å². The van der Waals surface area contributed by atoms with E-state index in [2.05, 4.69) is 21.2 Å². The van der Waals surface area contributed by atoms with Gasteiger partial charge in [0, 0.05) is 24.3 Å². The lowest BCUT2D eigenvalue weighted by Gasteiger charge is -2.13. The number of fused-ring (bicyclic) bond motifs is 1. The number of benzene rings is 3. The van der Waals surface area contributed by atoms with Gasteiger partial charge in [-0.25, -0.2) is 12.7 Å². The summed E-state index contributed by atoms with van der Waals surface area (Å²) in [6, 6.07) is 17.6. The molecule has 8 heteroatoms. The Morgan fingerprint density at radius 1 is 1.04 bits per heavy atom. The van der Waals surface area contributed by atoms with E-state index in [9.17, 15) is 13.2 Å². The van der Waals surface area contributed by atoms with E-state index in [1.54, 1.807) is 18.2 Å². The van der Waals surface area contributed by atoms with Gasteiger partial charge in [0.05, 0.1) is 4.90 Å². The fourth-order valence-electron chi connectivity index (χ4n) is 2.58. The molecular weight excluding hydrogens is 444 g/mol. The molecule has 0 unspecified atom stereocenters. The van der Waals surface area contributed by atoms with Crippen LogP contribution in [0.25, 0.3) is 10.8 Å². The summed E-state index contributed by atoms with van der Waals surface area (Å²) in [5.74, 6) is 0.198. The highest BCUT2D eigenvalue weighted by molar-refractivity contribution is 9.10. The third kappa shape index (κ3) is 4.70. The van der Waals surface area contributed by atoms with E-state index in [1.165, 1.54) is 26.2 Å². The maximum absolute atomic E-state index is 12.2. The summed E-state index contributed by atoms with van der Waals surface area (Å²) >= 11 is 3.43. The Bertz CT molecular complexity index is 1130. The van der Waals surface area contributed by atoms with Crippen LogP contribution in [-0.2, 0) is 14.8 Å². The van der Waals surface area contributed by atoms with Gasteiger partial charge >= 0.3 is 0 Å². The smallest absolute Gasteiger partial charge is 0.262 e. The van der Waals surface area contributed by atoms with Gasteiger partial charge < -0.3 is 10.1 Å². The van der Waals surface area contributed by atoms with Gasteiger partial charge in [-0.2, -0.15) is 0 Å². The topological polar surface area (TPSA) is 75.7 Å². The van der Waals surface area contributed by atoms with Crippen LogP contribution in [-0.4, -0.2) is 39.3 Å². The predicted octanol–water partition coefficient (Wildman–Crippen LogP) is 3.87. The van der Waals surface area contributed by atoms with Gasteiger partial charge in [0.25, 0.3) is 5.91 Å². The van der Waals surface area contributed by atoms with Crippen LogP contribution in [0.4, 0.5) is 5.69 Å². The van der Waals surface area contributed by atoms with E-state index < -0.39 is 10.0 Å². The summed E-state index contributed by atoms with van der Waals surface area (Å²) in [5.41, 5.74) is 0.389. The molecule has 146 valence electrons. The van der Waals surface area contributed by atoms with Crippen LogP contribution < -0.4 is 10.1 Å². The van der Waals surface area contributed by atoms with E-state index in [0.29, 0.717) is 11.4 Å². The number of sulfonamides is 1. The minimum absolute atomic E-state index is 0.108. The van der Waals surface area contributed by atoms with E-state index in [0.717, 1.165) is 19.6 Å². The van der Waals surface area contributed by atoms with Crippen molar-refractivity contribution >= 4 is 48.3 Å². The Labute approximate surface area is 172 Å². The van der Waals surface area contributed by atoms with Gasteiger partial charge in [-0.15, -0.1) is 0 Å². The molecule has 0 aliphatic heterocycles. The molecule has 0 aliphatic rings. The van der Waals surface area contributed by atoms with Gasteiger partial charge in [-0.05, 0) is 53.2 Å². The molecule has 0 saturated carbocycles. The molecule has 0 heterocycles. The van der Waals surface area contributed by atoms with Crippen LogP contribution in [0, 0.1) is 0 Å². The summed E-state index contributed by atoms with van der Waals surface area (Å²) in [4.78, 5) is 12.3. The number of anilines is 1. The Kier molecular flexibility index (Phi) is 6.02. The van der Waals surface area contributed by atoms with Crippen LogP contribution in [0.1, 0.15) is 0 Å². The zero-order valence-electron chi connectivity index (χ0n) is 15.3. The minimum atomic E-state index is -3.57. The summed E-state index contributed by atoms with van der Waals surface area (Å²) < 4.78 is 32.1. The van der Waals surface area contributed by atoms with Crippen molar-refractivity contribution in [3.63, 3.8) is 0 Å². The van der Waals surface area contributed by atoms with Gasteiger partial charge in [0.1, 0.15) is 5.75 Å². The molecule has 3 rings (SSSR count). The second-order valence-electron chi connectivity index (χ2n) is 6.31. The maximum Gasteiger partial charge on any atom is 0.262 e. The summed E-state index contributed by atoms with van der Waals surface area (Å²) in [6.45, 7) is -0.188. The van der Waals surface area contributed by atoms with Gasteiger partial charge in [-0.1, -0.05) is 34.1 Å². The van der Waals surface area contributed by atoms with Crippen LogP contribution in [0.3, 0.4) is 0 Å². The van der Waals surface area contributed by atoms with Gasteiger partial charge in [0.2, 0.25) is 10.0 Å². The first-order valence-electron chi connectivity index (χ1n) is 8.40. The summed E-state index contributed by atoms with van der Waals surface area (Å²) in [7, 11) is -0.657. The lowest BCUT2D eigenvalue weighted by Crippen LogP contribution is -2.23. The lowest BCUT2D eigenvalue weighted by atomic mass is 10.1. The Balaban J connectivity index is 1.66. The second kappa shape index (κ2) is 8.30. The number of carbonyl (C=O) groups excluding carboxylic acids is 1. The van der Waals surface area contributed by atoms with Crippen molar-refractivity contribution in [3.8, 4) is 5.75 Å². The first-order valence-corrected chi connectivity index (χ1v) is 10.6. The van der Waals surface area contributed by atoms with Crippen LogP contribution in [0.2, 0.25) is 0 Å². The molecule has 6 nitrogen and oxygen atoms in total. The zero-order valence-corrected chi connectivity index (χ0v) is 17.7. The molecule has 0 atom stereocenters. The van der Waals surface area contributed by atoms with Gasteiger partial charge in [-0.3, -0.25) is 4.79 Å². The molecule has 0 radical (unpaired) electrons. The predicted molar refractivity (Wildman–Crippen MR) is 113 cm³/mol. The highest BCUT2D eigenvalue weighted by Crippen LogP contribution is 2.24. The monoisotopic (exact) mass is 462 g/mol. The highest BCUT2D eigenvalue weighted by Gasteiger charge is 2.17. The fraction of sp³-hybridized carbons (Fsp3) is 0.150. The number of rotatable bonds is 6. The van der Waals surface area contributed by atoms with Crippen LogP contribution in [0.15, 0.2) is 70.0 Å². The molecule has 1 N–H and O–H groups in total. The standard InChI is InChI=1S/C20H19BrN2O4S/c1-23(2)28(25,26)19-5-3-4-17(12-19)22-20(24)13-27-18-9-7-14-10-16(21)8-6-15(14)11-18/h3-12H,13H2,1-2H3,(H,22,24). The van der Waals surface area contributed by atoms with Crippen molar-refractivity contribution in [1.82, 2.24) is 4.31 Å². The van der Waals surface area contributed by atoms with E-state index in [4.69, 9.17) is 4.74 Å².